The monoisotopic (exact) mass is 249 g/mol. The molecule has 0 aliphatic heterocycles. The van der Waals surface area contributed by atoms with Crippen LogP contribution in [0.15, 0.2) is 24.3 Å². The van der Waals surface area contributed by atoms with Crippen LogP contribution in [0.25, 0.3) is 0 Å². The molecule has 1 aromatic rings. The van der Waals surface area contributed by atoms with Crippen LogP contribution in [0.5, 0.6) is 0 Å². The highest BCUT2D eigenvalue weighted by Crippen LogP contribution is 2.24. The highest BCUT2D eigenvalue weighted by atomic mass is 16.5. The predicted octanol–water partition coefficient (Wildman–Crippen LogP) is 2.59. The summed E-state index contributed by atoms with van der Waals surface area (Å²) in [6.07, 6.45) is 5.87. The van der Waals surface area contributed by atoms with Gasteiger partial charge in [-0.15, -0.1) is 0 Å². The Hall–Kier alpha value is -1.06. The summed E-state index contributed by atoms with van der Waals surface area (Å²) in [7, 11) is 1.80. The normalized spacial score (nSPS) is 23.9. The predicted molar refractivity (Wildman–Crippen MR) is 73.9 cm³/mol. The molecule has 2 rings (SSSR count). The van der Waals surface area contributed by atoms with Gasteiger partial charge in [0.15, 0.2) is 0 Å². The third-order valence-electron chi connectivity index (χ3n) is 3.68. The number of methoxy groups -OCH3 is 1. The van der Waals surface area contributed by atoms with Gasteiger partial charge in [-0.25, -0.2) is 0 Å². The molecule has 0 radical (unpaired) electrons. The van der Waals surface area contributed by atoms with Crippen LogP contribution in [0.2, 0.25) is 0 Å². The molecule has 1 aliphatic rings. The van der Waals surface area contributed by atoms with Crippen LogP contribution in [-0.4, -0.2) is 31.0 Å². The van der Waals surface area contributed by atoms with Crippen molar-refractivity contribution in [3.05, 3.63) is 29.8 Å². The number of rotatable bonds is 5. The molecule has 3 heteroatoms. The number of nitrogens with one attached hydrogen (secondary N) is 1. The van der Waals surface area contributed by atoms with E-state index in [1.807, 2.05) is 0 Å². The summed E-state index contributed by atoms with van der Waals surface area (Å²) in [5.41, 5.74) is 2.35. The fraction of sp³-hybridized carbons (Fsp3) is 0.600. The molecule has 1 aliphatic carbocycles. The van der Waals surface area contributed by atoms with Crippen molar-refractivity contribution in [1.29, 1.82) is 0 Å². The third kappa shape index (κ3) is 3.72. The molecule has 2 unspecified atom stereocenters. The van der Waals surface area contributed by atoms with Gasteiger partial charge >= 0.3 is 0 Å². The molecule has 1 aromatic carbocycles. The van der Waals surface area contributed by atoms with E-state index >= 15 is 0 Å². The first-order valence-corrected chi connectivity index (χ1v) is 6.81. The smallest absolute Gasteiger partial charge is 0.0590 e. The molecule has 1 fully saturated rings. The topological polar surface area (TPSA) is 41.5 Å². The van der Waals surface area contributed by atoms with Gasteiger partial charge in [0.2, 0.25) is 0 Å². The molecule has 0 spiro atoms. The second-order valence-electron chi connectivity index (χ2n) is 5.04. The summed E-state index contributed by atoms with van der Waals surface area (Å²) < 4.78 is 5.44. The number of aliphatic hydroxyl groups excluding tert-OH is 1. The van der Waals surface area contributed by atoms with Gasteiger partial charge in [0.1, 0.15) is 0 Å². The van der Waals surface area contributed by atoms with Crippen molar-refractivity contribution in [1.82, 2.24) is 0 Å². The third-order valence-corrected chi connectivity index (χ3v) is 3.68. The highest BCUT2D eigenvalue weighted by Gasteiger charge is 2.21. The molecule has 3 nitrogen and oxygen atoms in total. The molecule has 2 N–H and O–H groups in total. The fourth-order valence-corrected chi connectivity index (χ4v) is 2.62. The molecular formula is C15H23NO2. The Labute approximate surface area is 109 Å². The van der Waals surface area contributed by atoms with Crippen LogP contribution in [-0.2, 0) is 11.2 Å². The zero-order valence-corrected chi connectivity index (χ0v) is 11.1. The van der Waals surface area contributed by atoms with E-state index < -0.39 is 0 Å². The zero-order valence-electron chi connectivity index (χ0n) is 11.1. The summed E-state index contributed by atoms with van der Waals surface area (Å²) in [6.45, 7) is 0.213. The lowest BCUT2D eigenvalue weighted by molar-refractivity contribution is 0.0669. The molecule has 0 heterocycles. The number of ether oxygens (including phenoxy) is 1. The highest BCUT2D eigenvalue weighted by molar-refractivity contribution is 5.45. The Bertz CT molecular complexity index is 350. The molecule has 0 amide bonds. The van der Waals surface area contributed by atoms with E-state index in [0.29, 0.717) is 12.1 Å². The Morgan fingerprint density at radius 2 is 2.06 bits per heavy atom. The molecule has 0 aromatic heterocycles. The quantitative estimate of drug-likeness (QED) is 0.843. The first kappa shape index (κ1) is 13.4. The second-order valence-corrected chi connectivity index (χ2v) is 5.04. The van der Waals surface area contributed by atoms with Crippen molar-refractivity contribution in [2.45, 2.75) is 44.2 Å². The number of hydrogen-bond donors (Lipinski definition) is 2. The number of hydrogen-bond acceptors (Lipinski definition) is 3. The van der Waals surface area contributed by atoms with Crippen LogP contribution in [0.1, 0.15) is 31.2 Å². The summed E-state index contributed by atoms with van der Waals surface area (Å²) in [6, 6.07) is 8.88. The van der Waals surface area contributed by atoms with Crippen LogP contribution in [0.4, 0.5) is 5.69 Å². The lowest BCUT2D eigenvalue weighted by Gasteiger charge is -2.29. The van der Waals surface area contributed by atoms with E-state index in [1.54, 1.807) is 7.11 Å². The second kappa shape index (κ2) is 6.76. The van der Waals surface area contributed by atoms with Gasteiger partial charge in [0.25, 0.3) is 0 Å². The van der Waals surface area contributed by atoms with E-state index in [0.717, 1.165) is 12.8 Å². The Morgan fingerprint density at radius 1 is 1.28 bits per heavy atom. The van der Waals surface area contributed by atoms with E-state index in [1.165, 1.54) is 30.5 Å². The summed E-state index contributed by atoms with van der Waals surface area (Å²) in [5.74, 6) is 0. The summed E-state index contributed by atoms with van der Waals surface area (Å²) in [4.78, 5) is 0. The standard InChI is InChI=1S/C15H23NO2/c1-18-15-4-2-3-14(11-15)16-13-7-5-12(6-8-13)9-10-17/h5-8,14-17H,2-4,9-11H2,1H3. The molecular weight excluding hydrogens is 226 g/mol. The summed E-state index contributed by atoms with van der Waals surface area (Å²) >= 11 is 0. The molecule has 18 heavy (non-hydrogen) atoms. The van der Waals surface area contributed by atoms with Crippen molar-refractivity contribution < 1.29 is 9.84 Å². The Balaban J connectivity index is 1.88. The van der Waals surface area contributed by atoms with Crippen molar-refractivity contribution in [2.24, 2.45) is 0 Å². The van der Waals surface area contributed by atoms with E-state index in [9.17, 15) is 0 Å². The van der Waals surface area contributed by atoms with Crippen LogP contribution in [0, 0.1) is 0 Å². The average Bonchev–Trinajstić information content (AvgIpc) is 2.42. The molecule has 100 valence electrons. The van der Waals surface area contributed by atoms with Crippen molar-refractivity contribution in [3.63, 3.8) is 0 Å². The van der Waals surface area contributed by atoms with Gasteiger partial charge in [-0.1, -0.05) is 12.1 Å². The maximum atomic E-state index is 8.88. The maximum Gasteiger partial charge on any atom is 0.0590 e. The van der Waals surface area contributed by atoms with E-state index in [-0.39, 0.29) is 6.61 Å². The minimum Gasteiger partial charge on any atom is -0.396 e. The largest absolute Gasteiger partial charge is 0.396 e. The van der Waals surface area contributed by atoms with Gasteiger partial charge in [-0.3, -0.25) is 0 Å². The minimum absolute atomic E-state index is 0.213. The molecule has 0 saturated heterocycles. The van der Waals surface area contributed by atoms with Gasteiger partial charge in [0.05, 0.1) is 6.10 Å². The first-order valence-electron chi connectivity index (χ1n) is 6.81. The van der Waals surface area contributed by atoms with Gasteiger partial charge in [-0.2, -0.15) is 0 Å². The first-order chi connectivity index (χ1) is 8.81. The lowest BCUT2D eigenvalue weighted by Crippen LogP contribution is -2.30. The average molecular weight is 249 g/mol. The molecule has 1 saturated carbocycles. The van der Waals surface area contributed by atoms with Crippen molar-refractivity contribution in [2.75, 3.05) is 19.0 Å². The van der Waals surface area contributed by atoms with Gasteiger partial charge in [-0.05, 0) is 49.8 Å². The van der Waals surface area contributed by atoms with Crippen LogP contribution < -0.4 is 5.32 Å². The SMILES string of the molecule is COC1CCCC(Nc2ccc(CCO)cc2)C1. The van der Waals surface area contributed by atoms with Gasteiger partial charge < -0.3 is 15.2 Å². The number of benzene rings is 1. The summed E-state index contributed by atoms with van der Waals surface area (Å²) in [5, 5.41) is 12.4. The molecule has 2 atom stereocenters. The minimum atomic E-state index is 0.213. The number of anilines is 1. The van der Waals surface area contributed by atoms with Crippen molar-refractivity contribution in [3.8, 4) is 0 Å². The maximum absolute atomic E-state index is 8.88. The van der Waals surface area contributed by atoms with Crippen LogP contribution >= 0.6 is 0 Å². The number of aliphatic hydroxyl groups is 1. The van der Waals surface area contributed by atoms with Crippen molar-refractivity contribution >= 4 is 5.69 Å². The Morgan fingerprint density at radius 3 is 2.72 bits per heavy atom. The molecule has 0 bridgehead atoms. The zero-order chi connectivity index (χ0) is 12.8. The van der Waals surface area contributed by atoms with E-state index in [4.69, 9.17) is 9.84 Å². The Kier molecular flexibility index (Phi) is 5.02. The van der Waals surface area contributed by atoms with E-state index in [2.05, 4.69) is 29.6 Å². The van der Waals surface area contributed by atoms with Crippen LogP contribution in [0.3, 0.4) is 0 Å². The van der Waals surface area contributed by atoms with Gasteiger partial charge in [0, 0.05) is 25.4 Å². The lowest BCUT2D eigenvalue weighted by atomic mass is 9.92. The fourth-order valence-electron chi connectivity index (χ4n) is 2.62.